The zero-order valence-corrected chi connectivity index (χ0v) is 14.4. The zero-order chi connectivity index (χ0) is 16.4. The van der Waals surface area contributed by atoms with Crippen LogP contribution in [0.1, 0.15) is 50.1 Å². The van der Waals surface area contributed by atoms with E-state index in [4.69, 9.17) is 11.6 Å². The van der Waals surface area contributed by atoms with Crippen molar-refractivity contribution in [2.24, 2.45) is 0 Å². The maximum Gasteiger partial charge on any atom is 0.223 e. The minimum atomic E-state index is -0.787. The topological polar surface area (TPSA) is 52.6 Å². The Hall–Kier alpha value is -1.10. The molecule has 1 aliphatic heterocycles. The van der Waals surface area contributed by atoms with Crippen molar-refractivity contribution >= 4 is 17.5 Å². The number of halogens is 1. The number of benzene rings is 1. The number of likely N-dealkylation sites (tertiary alicyclic amines) is 1. The summed E-state index contributed by atoms with van der Waals surface area (Å²) in [6, 6.07) is 8.08. The van der Waals surface area contributed by atoms with Crippen LogP contribution in [-0.4, -0.2) is 41.1 Å². The Morgan fingerprint density at radius 2 is 2.00 bits per heavy atom. The molecule has 23 heavy (non-hydrogen) atoms. The third-order valence-electron chi connectivity index (χ3n) is 5.23. The van der Waals surface area contributed by atoms with Crippen molar-refractivity contribution in [2.45, 2.75) is 56.2 Å². The van der Waals surface area contributed by atoms with Gasteiger partial charge in [-0.05, 0) is 44.0 Å². The summed E-state index contributed by atoms with van der Waals surface area (Å²) < 4.78 is 0. The van der Waals surface area contributed by atoms with Gasteiger partial charge < -0.3 is 10.4 Å². The third-order valence-corrected chi connectivity index (χ3v) is 5.48. The highest BCUT2D eigenvalue weighted by Gasteiger charge is 2.37. The normalized spacial score (nSPS) is 27.3. The SMILES string of the molecule is CN1CCC(NC(=O)CC2(O)CCCC2)C1c1ccc(Cl)cc1. The van der Waals surface area contributed by atoms with Crippen LogP contribution in [0.5, 0.6) is 0 Å². The number of hydrogen-bond donors (Lipinski definition) is 2. The fraction of sp³-hybridized carbons (Fsp3) is 0.611. The van der Waals surface area contributed by atoms with Gasteiger partial charge in [-0.25, -0.2) is 0 Å². The van der Waals surface area contributed by atoms with Crippen molar-refractivity contribution in [3.8, 4) is 0 Å². The van der Waals surface area contributed by atoms with Gasteiger partial charge in [0.2, 0.25) is 5.91 Å². The number of likely N-dealkylation sites (N-methyl/N-ethyl adjacent to an activating group) is 1. The number of nitrogens with zero attached hydrogens (tertiary/aromatic N) is 1. The van der Waals surface area contributed by atoms with Crippen molar-refractivity contribution < 1.29 is 9.90 Å². The van der Waals surface area contributed by atoms with E-state index in [0.717, 1.165) is 43.7 Å². The van der Waals surface area contributed by atoms with E-state index in [2.05, 4.69) is 17.3 Å². The quantitative estimate of drug-likeness (QED) is 0.889. The fourth-order valence-corrected chi connectivity index (χ4v) is 4.14. The second-order valence-electron chi connectivity index (χ2n) is 7.05. The van der Waals surface area contributed by atoms with Gasteiger partial charge in [0, 0.05) is 17.6 Å². The van der Waals surface area contributed by atoms with Crippen LogP contribution in [0.25, 0.3) is 0 Å². The van der Waals surface area contributed by atoms with Crippen molar-refractivity contribution in [2.75, 3.05) is 13.6 Å². The molecule has 0 aromatic heterocycles. The predicted octanol–water partition coefficient (Wildman–Crippen LogP) is 2.90. The van der Waals surface area contributed by atoms with Crippen LogP contribution < -0.4 is 5.32 Å². The Labute approximate surface area is 142 Å². The number of carbonyl (C=O) groups is 1. The number of hydrogen-bond acceptors (Lipinski definition) is 3. The van der Waals surface area contributed by atoms with E-state index in [9.17, 15) is 9.90 Å². The van der Waals surface area contributed by atoms with Crippen molar-refractivity contribution in [3.63, 3.8) is 0 Å². The zero-order valence-electron chi connectivity index (χ0n) is 13.6. The molecule has 1 saturated carbocycles. The molecule has 1 amide bonds. The summed E-state index contributed by atoms with van der Waals surface area (Å²) in [6.07, 6.45) is 4.67. The lowest BCUT2D eigenvalue weighted by Crippen LogP contribution is -2.42. The summed E-state index contributed by atoms with van der Waals surface area (Å²) in [5.41, 5.74) is 0.379. The maximum absolute atomic E-state index is 12.4. The van der Waals surface area contributed by atoms with Crippen LogP contribution in [0.2, 0.25) is 5.02 Å². The summed E-state index contributed by atoms with van der Waals surface area (Å²) in [6.45, 7) is 0.947. The van der Waals surface area contributed by atoms with E-state index in [0.29, 0.717) is 0 Å². The van der Waals surface area contributed by atoms with E-state index in [1.165, 1.54) is 5.56 Å². The molecular weight excluding hydrogens is 312 g/mol. The Morgan fingerprint density at radius 3 is 2.65 bits per heavy atom. The molecule has 1 heterocycles. The predicted molar refractivity (Wildman–Crippen MR) is 91.4 cm³/mol. The van der Waals surface area contributed by atoms with Crippen LogP contribution in [0.4, 0.5) is 0 Å². The summed E-state index contributed by atoms with van der Waals surface area (Å²) in [4.78, 5) is 14.6. The van der Waals surface area contributed by atoms with Gasteiger partial charge >= 0.3 is 0 Å². The Morgan fingerprint density at radius 1 is 1.35 bits per heavy atom. The molecule has 1 aromatic carbocycles. The lowest BCUT2D eigenvalue weighted by molar-refractivity contribution is -0.126. The molecule has 2 unspecified atom stereocenters. The van der Waals surface area contributed by atoms with Gasteiger partial charge in [0.05, 0.1) is 18.1 Å². The molecule has 2 N–H and O–H groups in total. The number of nitrogens with one attached hydrogen (secondary N) is 1. The Balaban J connectivity index is 1.66. The molecule has 1 saturated heterocycles. The summed E-state index contributed by atoms with van der Waals surface area (Å²) >= 11 is 5.97. The molecular formula is C18H25ClN2O2. The number of rotatable bonds is 4. The van der Waals surface area contributed by atoms with Gasteiger partial charge in [0.25, 0.3) is 0 Å². The molecule has 5 heteroatoms. The van der Waals surface area contributed by atoms with Crippen LogP contribution >= 0.6 is 11.6 Å². The van der Waals surface area contributed by atoms with Crippen LogP contribution in [-0.2, 0) is 4.79 Å². The second kappa shape index (κ2) is 6.80. The average Bonchev–Trinajstić information content (AvgIpc) is 3.07. The molecule has 2 atom stereocenters. The molecule has 126 valence electrons. The average molecular weight is 337 g/mol. The first-order valence-corrected chi connectivity index (χ1v) is 8.82. The molecule has 2 aliphatic rings. The second-order valence-corrected chi connectivity index (χ2v) is 7.48. The lowest BCUT2D eigenvalue weighted by Gasteiger charge is -2.28. The van der Waals surface area contributed by atoms with Gasteiger partial charge in [-0.1, -0.05) is 36.6 Å². The van der Waals surface area contributed by atoms with Crippen LogP contribution in [0.3, 0.4) is 0 Å². The van der Waals surface area contributed by atoms with E-state index in [-0.39, 0.29) is 24.4 Å². The Bertz CT molecular complexity index is 555. The van der Waals surface area contributed by atoms with Crippen molar-refractivity contribution in [1.29, 1.82) is 0 Å². The number of carbonyl (C=O) groups excluding carboxylic acids is 1. The molecule has 3 rings (SSSR count). The lowest BCUT2D eigenvalue weighted by atomic mass is 9.96. The minimum Gasteiger partial charge on any atom is -0.389 e. The molecule has 4 nitrogen and oxygen atoms in total. The third kappa shape index (κ3) is 3.87. The van der Waals surface area contributed by atoms with Gasteiger partial charge in [-0.15, -0.1) is 0 Å². The molecule has 2 fully saturated rings. The van der Waals surface area contributed by atoms with Gasteiger partial charge in [-0.3, -0.25) is 9.69 Å². The summed E-state index contributed by atoms with van der Waals surface area (Å²) in [5.74, 6) is -0.0336. The van der Waals surface area contributed by atoms with E-state index < -0.39 is 5.60 Å². The molecule has 1 aliphatic carbocycles. The number of aliphatic hydroxyl groups is 1. The van der Waals surface area contributed by atoms with E-state index in [1.54, 1.807) is 0 Å². The van der Waals surface area contributed by atoms with Crippen LogP contribution in [0, 0.1) is 0 Å². The van der Waals surface area contributed by atoms with Crippen molar-refractivity contribution in [1.82, 2.24) is 10.2 Å². The molecule has 1 aromatic rings. The molecule has 0 radical (unpaired) electrons. The van der Waals surface area contributed by atoms with Gasteiger partial charge in [-0.2, -0.15) is 0 Å². The highest BCUT2D eigenvalue weighted by Crippen LogP contribution is 2.34. The van der Waals surface area contributed by atoms with Gasteiger partial charge in [0.1, 0.15) is 0 Å². The van der Waals surface area contributed by atoms with Crippen LogP contribution in [0.15, 0.2) is 24.3 Å². The fourth-order valence-electron chi connectivity index (χ4n) is 4.01. The highest BCUT2D eigenvalue weighted by atomic mass is 35.5. The molecule has 0 spiro atoms. The largest absolute Gasteiger partial charge is 0.389 e. The first-order valence-electron chi connectivity index (χ1n) is 8.44. The first-order chi connectivity index (χ1) is 11.0. The summed E-state index contributed by atoms with van der Waals surface area (Å²) in [5, 5.41) is 14.3. The monoisotopic (exact) mass is 336 g/mol. The standard InChI is InChI=1S/C18H25ClN2O2/c1-21-11-8-15(17(21)13-4-6-14(19)7-5-13)20-16(22)12-18(23)9-2-3-10-18/h4-7,15,17,23H,2-3,8-12H2,1H3,(H,20,22). The first kappa shape index (κ1) is 16.7. The Kier molecular flexibility index (Phi) is 4.95. The molecule has 0 bridgehead atoms. The maximum atomic E-state index is 12.4. The van der Waals surface area contributed by atoms with Gasteiger partial charge in [0.15, 0.2) is 0 Å². The minimum absolute atomic E-state index is 0.0336. The smallest absolute Gasteiger partial charge is 0.223 e. The van der Waals surface area contributed by atoms with E-state index in [1.807, 2.05) is 24.3 Å². The van der Waals surface area contributed by atoms with E-state index >= 15 is 0 Å². The summed E-state index contributed by atoms with van der Waals surface area (Å²) in [7, 11) is 2.08. The number of amides is 1. The highest BCUT2D eigenvalue weighted by molar-refractivity contribution is 6.30. The van der Waals surface area contributed by atoms with Crippen molar-refractivity contribution in [3.05, 3.63) is 34.9 Å².